The zero-order valence-electron chi connectivity index (χ0n) is 15.6. The van der Waals surface area contributed by atoms with E-state index in [0.717, 1.165) is 37.9 Å². The Morgan fingerprint density at radius 2 is 1.96 bits per heavy atom. The van der Waals surface area contributed by atoms with E-state index in [1.165, 1.54) is 0 Å². The van der Waals surface area contributed by atoms with Crippen molar-refractivity contribution in [3.63, 3.8) is 0 Å². The molecule has 2 aliphatic heterocycles. The number of amides is 1. The minimum atomic E-state index is -0.738. The number of aliphatic carboxylic acids is 1. The van der Waals surface area contributed by atoms with Gasteiger partial charge in [0.05, 0.1) is 5.56 Å². The average Bonchev–Trinajstić information content (AvgIpc) is 2.94. The van der Waals surface area contributed by atoms with Crippen molar-refractivity contribution in [3.8, 4) is 5.75 Å². The first-order chi connectivity index (χ1) is 12.3. The van der Waals surface area contributed by atoms with E-state index in [4.69, 9.17) is 0 Å². The molecule has 2 aliphatic rings. The SMILES string of the molecule is CCCN1CC2(CCN(C(=O)c3ccc(C)cc3O)CC2)C[C@@H]1C(=O)O. The smallest absolute Gasteiger partial charge is 0.320 e. The lowest BCUT2D eigenvalue weighted by atomic mass is 9.76. The Balaban J connectivity index is 1.67. The standard InChI is InChI=1S/C20H28N2O4/c1-3-8-22-13-20(12-16(22)19(25)26)6-9-21(10-7-20)18(24)15-5-4-14(2)11-17(15)23/h4-5,11,16,23H,3,6-10,12-13H2,1-2H3,(H,25,26)/t16-/m1/s1. The first kappa shape index (κ1) is 18.7. The number of aryl methyl sites for hydroxylation is 1. The van der Waals surface area contributed by atoms with Gasteiger partial charge in [0.25, 0.3) is 5.91 Å². The van der Waals surface area contributed by atoms with Crippen LogP contribution in [0.4, 0.5) is 0 Å². The van der Waals surface area contributed by atoms with Crippen molar-refractivity contribution in [2.45, 2.75) is 45.6 Å². The molecule has 1 aromatic carbocycles. The molecule has 1 spiro atoms. The van der Waals surface area contributed by atoms with Crippen molar-refractivity contribution in [3.05, 3.63) is 29.3 Å². The quantitative estimate of drug-likeness (QED) is 0.862. The van der Waals surface area contributed by atoms with Crippen LogP contribution in [-0.2, 0) is 4.79 Å². The third-order valence-electron chi connectivity index (χ3n) is 5.90. The van der Waals surface area contributed by atoms with Gasteiger partial charge in [-0.15, -0.1) is 0 Å². The van der Waals surface area contributed by atoms with Gasteiger partial charge in [0, 0.05) is 19.6 Å². The number of benzene rings is 1. The number of carboxylic acid groups (broad SMARTS) is 1. The van der Waals surface area contributed by atoms with Crippen molar-refractivity contribution in [2.75, 3.05) is 26.2 Å². The number of phenols is 1. The second-order valence-electron chi connectivity index (χ2n) is 7.84. The Morgan fingerprint density at radius 3 is 2.54 bits per heavy atom. The number of carboxylic acids is 1. The van der Waals surface area contributed by atoms with Crippen LogP contribution in [0.2, 0.25) is 0 Å². The number of carbonyl (C=O) groups excluding carboxylic acids is 1. The normalized spacial score (nSPS) is 22.7. The summed E-state index contributed by atoms with van der Waals surface area (Å²) < 4.78 is 0. The number of rotatable bonds is 4. The Hall–Kier alpha value is -2.08. The molecule has 6 nitrogen and oxygen atoms in total. The van der Waals surface area contributed by atoms with Crippen LogP contribution in [0.3, 0.4) is 0 Å². The van der Waals surface area contributed by atoms with Gasteiger partial charge in [0.15, 0.2) is 0 Å². The largest absolute Gasteiger partial charge is 0.507 e. The maximum absolute atomic E-state index is 12.7. The Bertz CT molecular complexity index is 695. The molecule has 2 saturated heterocycles. The summed E-state index contributed by atoms with van der Waals surface area (Å²) in [6, 6.07) is 4.71. The lowest BCUT2D eigenvalue weighted by Crippen LogP contribution is -2.44. The minimum Gasteiger partial charge on any atom is -0.507 e. The van der Waals surface area contributed by atoms with Crippen LogP contribution in [0, 0.1) is 12.3 Å². The van der Waals surface area contributed by atoms with E-state index in [1.54, 1.807) is 17.0 Å². The zero-order valence-corrected chi connectivity index (χ0v) is 15.6. The summed E-state index contributed by atoms with van der Waals surface area (Å²) in [7, 11) is 0. The monoisotopic (exact) mass is 360 g/mol. The fraction of sp³-hybridized carbons (Fsp3) is 0.600. The summed E-state index contributed by atoms with van der Waals surface area (Å²) in [6.45, 7) is 6.77. The zero-order chi connectivity index (χ0) is 18.9. The van der Waals surface area contributed by atoms with Crippen molar-refractivity contribution in [2.24, 2.45) is 5.41 Å². The maximum Gasteiger partial charge on any atom is 0.320 e. The molecule has 2 N–H and O–H groups in total. The highest BCUT2D eigenvalue weighted by atomic mass is 16.4. The van der Waals surface area contributed by atoms with Crippen LogP contribution in [0.25, 0.3) is 0 Å². The van der Waals surface area contributed by atoms with E-state index < -0.39 is 12.0 Å². The summed E-state index contributed by atoms with van der Waals surface area (Å²) in [5, 5.41) is 19.6. The summed E-state index contributed by atoms with van der Waals surface area (Å²) in [6.07, 6.45) is 3.24. The highest BCUT2D eigenvalue weighted by molar-refractivity contribution is 5.97. The molecule has 0 aromatic heterocycles. The van der Waals surface area contributed by atoms with Gasteiger partial charge < -0.3 is 15.1 Å². The molecule has 1 aromatic rings. The minimum absolute atomic E-state index is 0.00960. The van der Waals surface area contributed by atoms with E-state index in [1.807, 2.05) is 13.0 Å². The van der Waals surface area contributed by atoms with Crippen LogP contribution >= 0.6 is 0 Å². The first-order valence-electron chi connectivity index (χ1n) is 9.41. The predicted molar refractivity (Wildman–Crippen MR) is 98.3 cm³/mol. The summed E-state index contributed by atoms with van der Waals surface area (Å²) in [4.78, 5) is 28.2. The highest BCUT2D eigenvalue weighted by Crippen LogP contribution is 2.43. The summed E-state index contributed by atoms with van der Waals surface area (Å²) in [5.41, 5.74) is 1.25. The van der Waals surface area contributed by atoms with Gasteiger partial charge in [0.2, 0.25) is 0 Å². The molecule has 0 unspecified atom stereocenters. The number of hydrogen-bond donors (Lipinski definition) is 2. The third-order valence-corrected chi connectivity index (χ3v) is 5.90. The number of phenolic OH excluding ortho intramolecular Hbond substituents is 1. The highest BCUT2D eigenvalue weighted by Gasteiger charge is 2.48. The number of carbonyl (C=O) groups is 2. The van der Waals surface area contributed by atoms with Crippen LogP contribution in [0.1, 0.15) is 48.5 Å². The lowest BCUT2D eigenvalue weighted by molar-refractivity contribution is -0.142. The number of piperidine rings is 1. The van der Waals surface area contributed by atoms with E-state index in [0.29, 0.717) is 25.1 Å². The Labute approximate surface area is 154 Å². The van der Waals surface area contributed by atoms with Crippen molar-refractivity contribution >= 4 is 11.9 Å². The van der Waals surface area contributed by atoms with Crippen LogP contribution in [0.5, 0.6) is 5.75 Å². The molecule has 0 saturated carbocycles. The van der Waals surface area contributed by atoms with Crippen LogP contribution in [-0.4, -0.2) is 64.1 Å². The second kappa shape index (κ2) is 7.27. The van der Waals surface area contributed by atoms with Gasteiger partial charge in [-0.1, -0.05) is 13.0 Å². The molecule has 1 atom stereocenters. The molecule has 0 bridgehead atoms. The first-order valence-corrected chi connectivity index (χ1v) is 9.41. The lowest BCUT2D eigenvalue weighted by Gasteiger charge is -2.39. The van der Waals surface area contributed by atoms with Gasteiger partial charge in [0.1, 0.15) is 11.8 Å². The summed E-state index contributed by atoms with van der Waals surface area (Å²) in [5.74, 6) is -0.856. The fourth-order valence-electron chi connectivity index (χ4n) is 4.45. The van der Waals surface area contributed by atoms with E-state index >= 15 is 0 Å². The van der Waals surface area contributed by atoms with E-state index in [9.17, 15) is 19.8 Å². The molecule has 1 amide bonds. The van der Waals surface area contributed by atoms with Gasteiger partial charge in [-0.3, -0.25) is 14.5 Å². The fourth-order valence-corrected chi connectivity index (χ4v) is 4.45. The van der Waals surface area contributed by atoms with E-state index in [-0.39, 0.29) is 17.1 Å². The maximum atomic E-state index is 12.7. The Morgan fingerprint density at radius 1 is 1.27 bits per heavy atom. The van der Waals surface area contributed by atoms with Crippen LogP contribution in [0.15, 0.2) is 18.2 Å². The van der Waals surface area contributed by atoms with Gasteiger partial charge in [-0.25, -0.2) is 0 Å². The van der Waals surface area contributed by atoms with Gasteiger partial charge in [-0.05, 0) is 62.3 Å². The molecular formula is C20H28N2O4. The number of nitrogens with zero attached hydrogens (tertiary/aromatic N) is 2. The van der Waals surface area contributed by atoms with Crippen molar-refractivity contribution < 1.29 is 19.8 Å². The predicted octanol–water partition coefficient (Wildman–Crippen LogP) is 2.49. The van der Waals surface area contributed by atoms with Crippen molar-refractivity contribution in [1.82, 2.24) is 9.80 Å². The van der Waals surface area contributed by atoms with Crippen LogP contribution < -0.4 is 0 Å². The molecule has 2 fully saturated rings. The number of hydrogen-bond acceptors (Lipinski definition) is 4. The molecule has 0 aliphatic carbocycles. The topological polar surface area (TPSA) is 81.1 Å². The van der Waals surface area contributed by atoms with Crippen molar-refractivity contribution in [1.29, 1.82) is 0 Å². The summed E-state index contributed by atoms with van der Waals surface area (Å²) >= 11 is 0. The van der Waals surface area contributed by atoms with E-state index in [2.05, 4.69) is 11.8 Å². The number of likely N-dealkylation sites (tertiary alicyclic amines) is 2. The van der Waals surface area contributed by atoms with Gasteiger partial charge >= 0.3 is 5.97 Å². The molecular weight excluding hydrogens is 332 g/mol. The average molecular weight is 360 g/mol. The molecule has 142 valence electrons. The molecule has 2 heterocycles. The second-order valence-corrected chi connectivity index (χ2v) is 7.84. The molecule has 26 heavy (non-hydrogen) atoms. The molecule has 6 heteroatoms. The van der Waals surface area contributed by atoms with Gasteiger partial charge in [-0.2, -0.15) is 0 Å². The third kappa shape index (κ3) is 3.56. The molecule has 0 radical (unpaired) electrons. The Kier molecular flexibility index (Phi) is 5.23. The number of aromatic hydroxyl groups is 1. The molecule has 3 rings (SSSR count).